The Morgan fingerprint density at radius 2 is 1.86 bits per heavy atom. The van der Waals surface area contributed by atoms with Crippen LogP contribution in [-0.2, 0) is 22.4 Å². The molecule has 7 nitrogen and oxygen atoms in total. The largest absolute Gasteiger partial charge is 0.328 e. The summed E-state index contributed by atoms with van der Waals surface area (Å²) >= 11 is 1.43. The molecular weight excluding hydrogens is 304 g/mol. The summed E-state index contributed by atoms with van der Waals surface area (Å²) in [6.07, 6.45) is 5.13. The highest BCUT2D eigenvalue weighted by atomic mass is 32.1. The van der Waals surface area contributed by atoms with Crippen LogP contribution < -0.4 is 10.6 Å². The number of fused-ring (bicyclic) bond motifs is 1. The molecule has 0 spiro atoms. The molecule has 0 atom stereocenters. The molecule has 2 aliphatic rings. The van der Waals surface area contributed by atoms with Crippen LogP contribution in [0.15, 0.2) is 4.99 Å². The smallest absolute Gasteiger partial charge is 0.277 e. The molecule has 112 valence electrons. The molecule has 4 amide bonds. The second kappa shape index (κ2) is 5.69. The van der Waals surface area contributed by atoms with E-state index in [1.54, 1.807) is 0 Å². The molecule has 1 saturated heterocycles. The van der Waals surface area contributed by atoms with Gasteiger partial charge < -0.3 is 0 Å². The Labute approximate surface area is 130 Å². The first kappa shape index (κ1) is 14.4. The number of nitrogens with zero attached hydrogens (tertiary/aromatic N) is 2. The van der Waals surface area contributed by atoms with Crippen molar-refractivity contribution >= 4 is 40.4 Å². The maximum absolute atomic E-state index is 11.6. The number of thiophene rings is 1. The summed E-state index contributed by atoms with van der Waals surface area (Å²) in [5.74, 6) is -2.59. The Hall–Kier alpha value is -2.53. The lowest BCUT2D eigenvalue weighted by Crippen LogP contribution is -2.56. The highest BCUT2D eigenvalue weighted by Crippen LogP contribution is 2.39. The van der Waals surface area contributed by atoms with Crippen molar-refractivity contribution in [3.8, 4) is 6.07 Å². The van der Waals surface area contributed by atoms with Crippen LogP contribution in [0.3, 0.4) is 0 Å². The molecule has 22 heavy (non-hydrogen) atoms. The van der Waals surface area contributed by atoms with Crippen LogP contribution in [0.5, 0.6) is 0 Å². The zero-order valence-electron chi connectivity index (χ0n) is 11.5. The van der Waals surface area contributed by atoms with Crippen molar-refractivity contribution in [2.45, 2.75) is 25.7 Å². The van der Waals surface area contributed by atoms with Crippen molar-refractivity contribution in [1.29, 1.82) is 5.26 Å². The van der Waals surface area contributed by atoms with Crippen LogP contribution in [0.2, 0.25) is 0 Å². The third-order valence-electron chi connectivity index (χ3n) is 3.64. The third kappa shape index (κ3) is 2.51. The van der Waals surface area contributed by atoms with Crippen LogP contribution in [0.25, 0.3) is 0 Å². The van der Waals surface area contributed by atoms with Crippen LogP contribution >= 0.6 is 11.3 Å². The molecule has 3 rings (SSSR count). The molecule has 1 fully saturated rings. The molecule has 1 aromatic heterocycles. The highest BCUT2D eigenvalue weighted by Gasteiger charge is 2.33. The first-order valence-electron chi connectivity index (χ1n) is 6.84. The number of hydrogen-bond donors (Lipinski definition) is 2. The number of nitriles is 1. The molecule has 1 aromatic rings. The van der Waals surface area contributed by atoms with Gasteiger partial charge in [0, 0.05) is 11.1 Å². The summed E-state index contributed by atoms with van der Waals surface area (Å²) in [7, 11) is 0. The van der Waals surface area contributed by atoms with E-state index >= 15 is 0 Å². The molecule has 2 N–H and O–H groups in total. The summed E-state index contributed by atoms with van der Waals surface area (Å²) in [5.41, 5.74) is 1.57. The van der Waals surface area contributed by atoms with Crippen LogP contribution in [0, 0.1) is 17.2 Å². The highest BCUT2D eigenvalue weighted by molar-refractivity contribution is 7.16. The Bertz CT molecular complexity index is 724. The Kier molecular flexibility index (Phi) is 3.73. The molecular formula is C14H12N4O3S. The molecule has 0 unspecified atom stereocenters. The molecule has 0 bridgehead atoms. The number of amides is 4. The van der Waals surface area contributed by atoms with E-state index in [0.717, 1.165) is 36.1 Å². The summed E-state index contributed by atoms with van der Waals surface area (Å²) in [5, 5.41) is 13.9. The fraction of sp³-hybridized carbons (Fsp3) is 0.357. The van der Waals surface area contributed by atoms with E-state index in [4.69, 9.17) is 0 Å². The lowest BCUT2D eigenvalue weighted by molar-refractivity contribution is -0.132. The fourth-order valence-corrected chi connectivity index (χ4v) is 3.76. The van der Waals surface area contributed by atoms with Gasteiger partial charge in [0.2, 0.25) is 11.8 Å². The van der Waals surface area contributed by atoms with Crippen molar-refractivity contribution in [2.24, 2.45) is 10.9 Å². The molecule has 2 heterocycles. The van der Waals surface area contributed by atoms with Gasteiger partial charge in [-0.05, 0) is 31.2 Å². The molecule has 0 radical (unpaired) electrons. The Balaban J connectivity index is 1.88. The number of hydrogen-bond acceptors (Lipinski definition) is 6. The van der Waals surface area contributed by atoms with E-state index in [9.17, 15) is 19.6 Å². The van der Waals surface area contributed by atoms with Crippen LogP contribution in [0.1, 0.15) is 28.8 Å². The quantitative estimate of drug-likeness (QED) is 0.630. The lowest BCUT2D eigenvalue weighted by atomic mass is 9.96. The number of rotatable bonds is 2. The van der Waals surface area contributed by atoms with Gasteiger partial charge in [-0.15, -0.1) is 11.3 Å². The summed E-state index contributed by atoms with van der Waals surface area (Å²) in [6, 6.07) is 1.33. The minimum Gasteiger partial charge on any atom is -0.277 e. The van der Waals surface area contributed by atoms with E-state index in [-0.39, 0.29) is 0 Å². The first-order chi connectivity index (χ1) is 10.6. The average molecular weight is 316 g/mol. The standard InChI is InChI=1S/C14H12N4O3S/c15-5-8-7-3-1-2-4-10(7)22-13(8)16-6-9-11(19)17-14(21)18-12(9)20/h6,9H,1-4H2,(H2,17,18,19,20,21)/b16-6+. The maximum atomic E-state index is 11.6. The second-order valence-corrected chi connectivity index (χ2v) is 6.15. The third-order valence-corrected chi connectivity index (χ3v) is 4.84. The molecule has 8 heteroatoms. The minimum absolute atomic E-state index is 0.520. The monoisotopic (exact) mass is 316 g/mol. The van der Waals surface area contributed by atoms with E-state index in [2.05, 4.69) is 11.1 Å². The van der Waals surface area contributed by atoms with Gasteiger partial charge >= 0.3 is 6.03 Å². The van der Waals surface area contributed by atoms with Crippen LogP contribution in [-0.4, -0.2) is 24.1 Å². The van der Waals surface area contributed by atoms with Crippen molar-refractivity contribution in [2.75, 3.05) is 0 Å². The topological polar surface area (TPSA) is 111 Å². The number of nitrogens with one attached hydrogen (secondary N) is 2. The fourth-order valence-electron chi connectivity index (χ4n) is 2.56. The van der Waals surface area contributed by atoms with Crippen molar-refractivity contribution in [1.82, 2.24) is 10.6 Å². The molecule has 1 aliphatic carbocycles. The number of carbonyl (C=O) groups excluding carboxylic acids is 3. The Morgan fingerprint density at radius 3 is 2.55 bits per heavy atom. The zero-order chi connectivity index (χ0) is 15.7. The molecule has 1 aliphatic heterocycles. The number of imide groups is 2. The summed E-state index contributed by atoms with van der Waals surface area (Å²) < 4.78 is 0. The van der Waals surface area contributed by atoms with Gasteiger partial charge in [-0.1, -0.05) is 0 Å². The van der Waals surface area contributed by atoms with E-state index in [1.165, 1.54) is 17.6 Å². The number of carbonyl (C=O) groups is 3. The predicted molar refractivity (Wildman–Crippen MR) is 79.0 cm³/mol. The van der Waals surface area contributed by atoms with E-state index in [0.29, 0.717) is 10.6 Å². The van der Waals surface area contributed by atoms with Gasteiger partial charge in [-0.25, -0.2) is 9.79 Å². The van der Waals surface area contributed by atoms with Gasteiger partial charge in [0.05, 0.1) is 5.56 Å². The number of aryl methyl sites for hydroxylation is 1. The van der Waals surface area contributed by atoms with Crippen molar-refractivity contribution < 1.29 is 14.4 Å². The lowest BCUT2D eigenvalue weighted by Gasteiger charge is -2.16. The number of urea groups is 1. The molecule has 0 saturated carbocycles. The van der Waals surface area contributed by atoms with Gasteiger partial charge in [0.25, 0.3) is 0 Å². The van der Waals surface area contributed by atoms with Gasteiger partial charge in [0.1, 0.15) is 11.1 Å². The van der Waals surface area contributed by atoms with Gasteiger partial charge in [0.15, 0.2) is 5.92 Å². The SMILES string of the molecule is N#Cc1c(/N=C/C2C(=O)NC(=O)NC2=O)sc2c1CCCC2. The first-order valence-corrected chi connectivity index (χ1v) is 7.66. The molecule has 0 aromatic carbocycles. The number of aliphatic imine (C=N–C) groups is 1. The van der Waals surface area contributed by atoms with Crippen LogP contribution in [0.4, 0.5) is 9.80 Å². The van der Waals surface area contributed by atoms with E-state index < -0.39 is 23.8 Å². The van der Waals surface area contributed by atoms with Crippen molar-refractivity contribution in [3.63, 3.8) is 0 Å². The maximum Gasteiger partial charge on any atom is 0.328 e. The normalized spacial score (nSPS) is 18.8. The number of barbiturate groups is 1. The van der Waals surface area contributed by atoms with Gasteiger partial charge in [-0.2, -0.15) is 5.26 Å². The summed E-state index contributed by atoms with van der Waals surface area (Å²) in [4.78, 5) is 39.6. The Morgan fingerprint density at radius 1 is 1.18 bits per heavy atom. The average Bonchev–Trinajstić information content (AvgIpc) is 2.83. The summed E-state index contributed by atoms with van der Waals surface area (Å²) in [6.45, 7) is 0. The van der Waals surface area contributed by atoms with Gasteiger partial charge in [-0.3, -0.25) is 20.2 Å². The predicted octanol–water partition coefficient (Wildman–Crippen LogP) is 1.18. The minimum atomic E-state index is -1.16. The second-order valence-electron chi connectivity index (χ2n) is 5.07. The van der Waals surface area contributed by atoms with Crippen molar-refractivity contribution in [3.05, 3.63) is 16.0 Å². The van der Waals surface area contributed by atoms with E-state index in [1.807, 2.05) is 10.6 Å². The zero-order valence-corrected chi connectivity index (χ0v) is 12.3.